The Morgan fingerprint density at radius 1 is 1.19 bits per heavy atom. The summed E-state index contributed by atoms with van der Waals surface area (Å²) in [7, 11) is 0. The summed E-state index contributed by atoms with van der Waals surface area (Å²) in [5, 5.41) is 0. The Morgan fingerprint density at radius 2 is 1.86 bits per heavy atom. The molecule has 1 unspecified atom stereocenters. The molecule has 4 nitrogen and oxygen atoms in total. The summed E-state index contributed by atoms with van der Waals surface area (Å²) in [5.74, 6) is 0.766. The minimum atomic E-state index is -0.529. The van der Waals surface area contributed by atoms with E-state index >= 15 is 0 Å². The third-order valence-electron chi connectivity index (χ3n) is 3.38. The smallest absolute Gasteiger partial charge is 0.410 e. The van der Waals surface area contributed by atoms with Crippen LogP contribution in [0.25, 0.3) is 0 Å². The van der Waals surface area contributed by atoms with Crippen molar-refractivity contribution in [2.75, 3.05) is 0 Å². The van der Waals surface area contributed by atoms with Gasteiger partial charge in [0.25, 0.3) is 0 Å². The quantitative estimate of drug-likeness (QED) is 0.849. The number of carbonyl (C=O) groups is 2. The molecular weight excluding hydrogens is 266 g/mol. The topological polar surface area (TPSA) is 46.6 Å². The zero-order valence-corrected chi connectivity index (χ0v) is 12.4. The van der Waals surface area contributed by atoms with Crippen molar-refractivity contribution in [1.82, 2.24) is 4.90 Å². The molecule has 4 heteroatoms. The van der Waals surface area contributed by atoms with Crippen LogP contribution in [-0.4, -0.2) is 16.8 Å². The Hall–Kier alpha value is -2.36. The predicted octanol–water partition coefficient (Wildman–Crippen LogP) is 3.76. The van der Waals surface area contributed by atoms with Gasteiger partial charge in [-0.2, -0.15) is 0 Å². The maximum Gasteiger partial charge on any atom is 0.423 e. The minimum absolute atomic E-state index is 0.0308. The van der Waals surface area contributed by atoms with E-state index in [0.29, 0.717) is 17.2 Å². The second kappa shape index (κ2) is 6.39. The molecule has 0 aliphatic carbocycles. The molecule has 0 aromatic heterocycles. The number of nitrogens with zero attached hydrogens (tertiary/aromatic N) is 1. The second-order valence-corrected chi connectivity index (χ2v) is 5.34. The molecule has 1 aliphatic heterocycles. The van der Waals surface area contributed by atoms with E-state index in [4.69, 9.17) is 4.74 Å². The summed E-state index contributed by atoms with van der Waals surface area (Å²) in [5.41, 5.74) is 0.623. The fourth-order valence-corrected chi connectivity index (χ4v) is 2.23. The lowest BCUT2D eigenvalue weighted by atomic mass is 9.85. The van der Waals surface area contributed by atoms with Gasteiger partial charge in [-0.1, -0.05) is 38.1 Å². The first-order valence-corrected chi connectivity index (χ1v) is 6.95. The number of allylic oxidation sites excluding steroid dienone is 2. The predicted molar refractivity (Wildman–Crippen MR) is 80.5 cm³/mol. The molecule has 110 valence electrons. The highest BCUT2D eigenvalue weighted by Gasteiger charge is 2.25. The molecule has 1 amide bonds. The largest absolute Gasteiger partial charge is 0.423 e. The lowest BCUT2D eigenvalue weighted by Gasteiger charge is -2.26. The van der Waals surface area contributed by atoms with Crippen LogP contribution >= 0.6 is 0 Å². The fraction of sp³-hybridized carbons (Fsp3) is 0.294. The number of ether oxygens (including phenoxy) is 1. The summed E-state index contributed by atoms with van der Waals surface area (Å²) < 4.78 is 5.26. The van der Waals surface area contributed by atoms with E-state index in [1.54, 1.807) is 36.7 Å². The van der Waals surface area contributed by atoms with Crippen LogP contribution in [0.4, 0.5) is 4.79 Å². The lowest BCUT2D eigenvalue weighted by Crippen LogP contribution is -2.30. The van der Waals surface area contributed by atoms with E-state index < -0.39 is 6.09 Å². The molecule has 0 spiro atoms. The summed E-state index contributed by atoms with van der Waals surface area (Å²) in [6, 6.07) is 8.84. The molecule has 2 rings (SSSR count). The van der Waals surface area contributed by atoms with Gasteiger partial charge in [0.1, 0.15) is 5.75 Å². The zero-order valence-electron chi connectivity index (χ0n) is 12.4. The number of rotatable bonds is 3. The summed E-state index contributed by atoms with van der Waals surface area (Å²) in [6.45, 7) is 5.61. The van der Waals surface area contributed by atoms with Crippen molar-refractivity contribution in [1.29, 1.82) is 0 Å². The third-order valence-corrected chi connectivity index (χ3v) is 3.38. The summed E-state index contributed by atoms with van der Waals surface area (Å²) in [6.07, 6.45) is 4.56. The van der Waals surface area contributed by atoms with E-state index in [-0.39, 0.29) is 11.7 Å². The van der Waals surface area contributed by atoms with Crippen LogP contribution in [0.15, 0.2) is 54.4 Å². The molecular formula is C17H19NO3. The van der Waals surface area contributed by atoms with Crippen molar-refractivity contribution in [3.05, 3.63) is 54.4 Å². The first-order chi connectivity index (χ1) is 9.99. The van der Waals surface area contributed by atoms with Gasteiger partial charge in [0.2, 0.25) is 0 Å². The van der Waals surface area contributed by atoms with Gasteiger partial charge in [-0.15, -0.1) is 0 Å². The highest BCUT2D eigenvalue weighted by Crippen LogP contribution is 2.27. The van der Waals surface area contributed by atoms with Gasteiger partial charge in [-0.25, -0.2) is 4.79 Å². The van der Waals surface area contributed by atoms with Gasteiger partial charge in [-0.3, -0.25) is 9.69 Å². The highest BCUT2D eigenvalue weighted by molar-refractivity contribution is 5.95. The Labute approximate surface area is 124 Å². The van der Waals surface area contributed by atoms with Crippen molar-refractivity contribution in [3.8, 4) is 5.75 Å². The van der Waals surface area contributed by atoms with Crippen LogP contribution in [0.2, 0.25) is 0 Å². The van der Waals surface area contributed by atoms with Gasteiger partial charge >= 0.3 is 6.09 Å². The Bertz CT molecular complexity index is 587. The number of Topliss-reactive ketones (excluding diaryl/α,β-unsaturated/α-hetero) is 1. The monoisotopic (exact) mass is 285 g/mol. The Morgan fingerprint density at radius 3 is 2.43 bits per heavy atom. The molecule has 0 saturated heterocycles. The molecule has 1 heterocycles. The van der Waals surface area contributed by atoms with E-state index in [0.717, 1.165) is 0 Å². The number of benzene rings is 1. The molecule has 1 aromatic rings. The van der Waals surface area contributed by atoms with Gasteiger partial charge in [-0.05, 0) is 25.0 Å². The van der Waals surface area contributed by atoms with Gasteiger partial charge in [0.05, 0.1) is 0 Å². The average molecular weight is 285 g/mol. The average Bonchev–Trinajstić information content (AvgIpc) is 2.47. The molecule has 0 fully saturated rings. The lowest BCUT2D eigenvalue weighted by molar-refractivity contribution is -0.114. The first kappa shape index (κ1) is 15.0. The summed E-state index contributed by atoms with van der Waals surface area (Å²) in [4.78, 5) is 25.2. The van der Waals surface area contributed by atoms with Crippen LogP contribution in [-0.2, 0) is 4.79 Å². The highest BCUT2D eigenvalue weighted by atomic mass is 16.6. The molecule has 0 saturated carbocycles. The SMILES string of the molecule is CC(=O)C1=CN(C(=O)Oc2ccccc2)C=CC1C(C)C. The first-order valence-electron chi connectivity index (χ1n) is 6.95. The molecule has 0 N–H and O–H groups in total. The third kappa shape index (κ3) is 3.60. The standard InChI is InChI=1S/C17H19NO3/c1-12(2)15-9-10-18(11-16(15)13(3)19)17(20)21-14-7-5-4-6-8-14/h4-12,15H,1-3H3. The molecule has 1 aliphatic rings. The number of hydrogen-bond acceptors (Lipinski definition) is 3. The Balaban J connectivity index is 2.16. The molecule has 1 aromatic carbocycles. The number of para-hydroxylation sites is 1. The van der Waals surface area contributed by atoms with Crippen molar-refractivity contribution in [3.63, 3.8) is 0 Å². The van der Waals surface area contributed by atoms with E-state index in [2.05, 4.69) is 0 Å². The fourth-order valence-electron chi connectivity index (χ4n) is 2.23. The number of hydrogen-bond donors (Lipinski definition) is 0. The van der Waals surface area contributed by atoms with Crippen molar-refractivity contribution in [2.24, 2.45) is 11.8 Å². The maximum absolute atomic E-state index is 12.1. The normalized spacial score (nSPS) is 17.6. The van der Waals surface area contributed by atoms with Crippen LogP contribution in [0.3, 0.4) is 0 Å². The van der Waals surface area contributed by atoms with Crippen LogP contribution < -0.4 is 4.74 Å². The number of ketones is 1. The van der Waals surface area contributed by atoms with E-state index in [1.807, 2.05) is 26.0 Å². The van der Waals surface area contributed by atoms with Crippen molar-refractivity contribution >= 4 is 11.9 Å². The number of carbonyl (C=O) groups excluding carboxylic acids is 2. The molecule has 0 radical (unpaired) electrons. The van der Waals surface area contributed by atoms with Gasteiger partial charge < -0.3 is 4.74 Å². The number of amides is 1. The minimum Gasteiger partial charge on any atom is -0.410 e. The molecule has 21 heavy (non-hydrogen) atoms. The zero-order chi connectivity index (χ0) is 15.4. The van der Waals surface area contributed by atoms with Crippen molar-refractivity contribution < 1.29 is 14.3 Å². The van der Waals surface area contributed by atoms with Gasteiger partial charge in [0.15, 0.2) is 5.78 Å². The van der Waals surface area contributed by atoms with Crippen molar-refractivity contribution in [2.45, 2.75) is 20.8 Å². The molecule has 1 atom stereocenters. The van der Waals surface area contributed by atoms with Crippen LogP contribution in [0, 0.1) is 11.8 Å². The second-order valence-electron chi connectivity index (χ2n) is 5.34. The van der Waals surface area contributed by atoms with E-state index in [9.17, 15) is 9.59 Å². The van der Waals surface area contributed by atoms with Crippen LogP contribution in [0.1, 0.15) is 20.8 Å². The summed E-state index contributed by atoms with van der Waals surface area (Å²) >= 11 is 0. The molecule has 0 bridgehead atoms. The maximum atomic E-state index is 12.1. The van der Waals surface area contributed by atoms with Gasteiger partial charge in [0, 0.05) is 23.9 Å². The Kier molecular flexibility index (Phi) is 4.58. The van der Waals surface area contributed by atoms with Crippen LogP contribution in [0.5, 0.6) is 5.75 Å². The van der Waals surface area contributed by atoms with E-state index in [1.165, 1.54) is 11.8 Å².